The first-order valence-electron chi connectivity index (χ1n) is 10.4. The van der Waals surface area contributed by atoms with Crippen molar-refractivity contribution in [2.45, 2.75) is 0 Å². The summed E-state index contributed by atoms with van der Waals surface area (Å²) in [5.74, 6) is 2.30. The van der Waals surface area contributed by atoms with E-state index in [0.29, 0.717) is 34.2 Å². The van der Waals surface area contributed by atoms with Crippen LogP contribution in [0.3, 0.4) is 0 Å². The normalized spacial score (nSPS) is 10.5. The molecule has 0 atom stereocenters. The van der Waals surface area contributed by atoms with Gasteiger partial charge in [0.05, 0.1) is 19.7 Å². The lowest BCUT2D eigenvalue weighted by molar-refractivity contribution is 0.102. The van der Waals surface area contributed by atoms with E-state index in [1.165, 1.54) is 0 Å². The Morgan fingerprint density at radius 1 is 0.848 bits per heavy atom. The molecule has 0 fully saturated rings. The van der Waals surface area contributed by atoms with Crippen molar-refractivity contribution in [1.82, 2.24) is 4.98 Å². The van der Waals surface area contributed by atoms with Crippen molar-refractivity contribution in [3.8, 4) is 23.0 Å². The van der Waals surface area contributed by atoms with Crippen LogP contribution in [0.15, 0.2) is 72.9 Å². The molecule has 33 heavy (non-hydrogen) atoms. The Hall–Kier alpha value is -4.26. The van der Waals surface area contributed by atoms with Gasteiger partial charge < -0.3 is 24.4 Å². The second kappa shape index (κ2) is 9.48. The number of benzene rings is 3. The molecule has 7 heteroatoms. The van der Waals surface area contributed by atoms with E-state index in [-0.39, 0.29) is 5.91 Å². The zero-order valence-corrected chi connectivity index (χ0v) is 19.0. The van der Waals surface area contributed by atoms with E-state index in [9.17, 15) is 4.79 Å². The molecular formula is C26H25N3O4. The van der Waals surface area contributed by atoms with Gasteiger partial charge in [0.1, 0.15) is 11.5 Å². The molecule has 0 radical (unpaired) electrons. The summed E-state index contributed by atoms with van der Waals surface area (Å²) >= 11 is 0. The summed E-state index contributed by atoms with van der Waals surface area (Å²) in [6.07, 6.45) is 1.68. The third-order valence-corrected chi connectivity index (χ3v) is 5.19. The minimum atomic E-state index is -0.171. The predicted molar refractivity (Wildman–Crippen MR) is 130 cm³/mol. The second-order valence-corrected chi connectivity index (χ2v) is 7.56. The van der Waals surface area contributed by atoms with Crippen LogP contribution >= 0.6 is 0 Å². The molecule has 1 N–H and O–H groups in total. The highest BCUT2D eigenvalue weighted by Crippen LogP contribution is 2.37. The maximum Gasteiger partial charge on any atom is 0.255 e. The number of nitrogens with one attached hydrogen (secondary N) is 1. The van der Waals surface area contributed by atoms with Crippen LogP contribution in [0, 0.1) is 0 Å². The number of anilines is 2. The lowest BCUT2D eigenvalue weighted by atomic mass is 10.1. The molecule has 1 amide bonds. The van der Waals surface area contributed by atoms with Crippen molar-refractivity contribution < 1.29 is 19.0 Å². The molecule has 168 valence electrons. The first-order valence-corrected chi connectivity index (χ1v) is 10.4. The standard InChI is InChI=1S/C26H25N3O4/c1-29(2)19-9-5-17(6-10-19)26(30)28-18-7-11-20(12-8-18)33-23-13-14-27-22-16-25(32-4)24(31-3)15-21(22)23/h5-16H,1-4H3,(H,28,30). The molecule has 0 aliphatic rings. The molecule has 0 saturated carbocycles. The molecule has 0 saturated heterocycles. The maximum absolute atomic E-state index is 12.5. The number of pyridine rings is 1. The Balaban J connectivity index is 1.50. The Bertz CT molecular complexity index is 1270. The van der Waals surface area contributed by atoms with Crippen molar-refractivity contribution in [3.05, 3.63) is 78.5 Å². The van der Waals surface area contributed by atoms with Crippen LogP contribution in [0.1, 0.15) is 10.4 Å². The van der Waals surface area contributed by atoms with E-state index in [0.717, 1.165) is 16.6 Å². The van der Waals surface area contributed by atoms with Crippen LogP contribution in [-0.4, -0.2) is 39.2 Å². The molecule has 3 aromatic carbocycles. The summed E-state index contributed by atoms with van der Waals surface area (Å²) in [4.78, 5) is 18.9. The topological polar surface area (TPSA) is 72.9 Å². The predicted octanol–water partition coefficient (Wildman–Crippen LogP) is 5.36. The minimum absolute atomic E-state index is 0.171. The Morgan fingerprint density at radius 2 is 1.52 bits per heavy atom. The van der Waals surface area contributed by atoms with Crippen molar-refractivity contribution in [2.75, 3.05) is 38.5 Å². The van der Waals surface area contributed by atoms with Gasteiger partial charge >= 0.3 is 0 Å². The zero-order chi connectivity index (χ0) is 23.4. The highest BCUT2D eigenvalue weighted by atomic mass is 16.5. The number of nitrogens with zero attached hydrogens (tertiary/aromatic N) is 2. The smallest absolute Gasteiger partial charge is 0.255 e. The molecule has 0 aliphatic carbocycles. The molecule has 4 rings (SSSR count). The highest BCUT2D eigenvalue weighted by Gasteiger charge is 2.12. The number of aromatic nitrogens is 1. The Morgan fingerprint density at radius 3 is 2.15 bits per heavy atom. The number of hydrogen-bond donors (Lipinski definition) is 1. The largest absolute Gasteiger partial charge is 0.493 e. The molecule has 0 aliphatic heterocycles. The fourth-order valence-electron chi connectivity index (χ4n) is 3.38. The Labute approximate surface area is 192 Å². The van der Waals surface area contributed by atoms with Crippen LogP contribution in [0.5, 0.6) is 23.0 Å². The monoisotopic (exact) mass is 443 g/mol. The molecule has 0 unspecified atom stereocenters. The molecule has 0 bridgehead atoms. The SMILES string of the molecule is COc1cc2nccc(Oc3ccc(NC(=O)c4ccc(N(C)C)cc4)cc3)c2cc1OC. The van der Waals surface area contributed by atoms with Crippen molar-refractivity contribution >= 4 is 28.2 Å². The van der Waals surface area contributed by atoms with Gasteiger partial charge in [-0.2, -0.15) is 0 Å². The van der Waals surface area contributed by atoms with Gasteiger partial charge in [-0.25, -0.2) is 0 Å². The maximum atomic E-state index is 12.5. The fraction of sp³-hybridized carbons (Fsp3) is 0.154. The number of carbonyl (C=O) groups excluding carboxylic acids is 1. The van der Waals surface area contributed by atoms with Crippen LogP contribution < -0.4 is 24.4 Å². The fourth-order valence-corrected chi connectivity index (χ4v) is 3.38. The number of ether oxygens (including phenoxy) is 3. The molecule has 1 aromatic heterocycles. The van der Waals surface area contributed by atoms with Gasteiger partial charge in [0, 0.05) is 48.7 Å². The summed E-state index contributed by atoms with van der Waals surface area (Å²) in [5.41, 5.74) is 3.03. The van der Waals surface area contributed by atoms with Crippen LogP contribution in [0.4, 0.5) is 11.4 Å². The zero-order valence-electron chi connectivity index (χ0n) is 19.0. The van der Waals surface area contributed by atoms with Gasteiger partial charge in [-0.15, -0.1) is 0 Å². The van der Waals surface area contributed by atoms with Crippen LogP contribution in [-0.2, 0) is 0 Å². The first kappa shape index (κ1) is 22.0. The van der Waals surface area contributed by atoms with Gasteiger partial charge in [0.25, 0.3) is 5.91 Å². The summed E-state index contributed by atoms with van der Waals surface area (Å²) in [7, 11) is 7.09. The average Bonchev–Trinajstić information content (AvgIpc) is 2.84. The number of methoxy groups -OCH3 is 2. The third-order valence-electron chi connectivity index (χ3n) is 5.19. The van der Waals surface area contributed by atoms with Gasteiger partial charge in [-0.05, 0) is 60.7 Å². The van der Waals surface area contributed by atoms with Crippen LogP contribution in [0.2, 0.25) is 0 Å². The van der Waals surface area contributed by atoms with Crippen molar-refractivity contribution in [3.63, 3.8) is 0 Å². The molecule has 0 spiro atoms. The number of hydrogen-bond acceptors (Lipinski definition) is 6. The van der Waals surface area contributed by atoms with E-state index in [1.54, 1.807) is 62.9 Å². The van der Waals surface area contributed by atoms with Gasteiger partial charge in [0.2, 0.25) is 0 Å². The van der Waals surface area contributed by atoms with Crippen LogP contribution in [0.25, 0.3) is 10.9 Å². The summed E-state index contributed by atoms with van der Waals surface area (Å²) in [6.45, 7) is 0. The van der Waals surface area contributed by atoms with E-state index >= 15 is 0 Å². The summed E-state index contributed by atoms with van der Waals surface area (Å²) in [6, 6.07) is 20.1. The quantitative estimate of drug-likeness (QED) is 0.414. The number of rotatable bonds is 7. The van der Waals surface area contributed by atoms with E-state index in [2.05, 4.69) is 10.3 Å². The molecule has 4 aromatic rings. The number of fused-ring (bicyclic) bond motifs is 1. The second-order valence-electron chi connectivity index (χ2n) is 7.56. The van der Waals surface area contributed by atoms with E-state index < -0.39 is 0 Å². The lowest BCUT2D eigenvalue weighted by Crippen LogP contribution is -2.13. The molecule has 1 heterocycles. The van der Waals surface area contributed by atoms with E-state index in [4.69, 9.17) is 14.2 Å². The third kappa shape index (κ3) is 4.82. The van der Waals surface area contributed by atoms with Crippen molar-refractivity contribution in [1.29, 1.82) is 0 Å². The highest BCUT2D eigenvalue weighted by molar-refractivity contribution is 6.04. The number of amides is 1. The lowest BCUT2D eigenvalue weighted by Gasteiger charge is -2.13. The summed E-state index contributed by atoms with van der Waals surface area (Å²) in [5, 5.41) is 3.71. The molecule has 7 nitrogen and oxygen atoms in total. The van der Waals surface area contributed by atoms with Crippen molar-refractivity contribution in [2.24, 2.45) is 0 Å². The van der Waals surface area contributed by atoms with Gasteiger partial charge in [-0.3, -0.25) is 9.78 Å². The Kier molecular flexibility index (Phi) is 6.31. The average molecular weight is 444 g/mol. The summed E-state index contributed by atoms with van der Waals surface area (Å²) < 4.78 is 16.9. The molecular weight excluding hydrogens is 418 g/mol. The van der Waals surface area contributed by atoms with E-state index in [1.807, 2.05) is 43.3 Å². The first-order chi connectivity index (χ1) is 16.0. The number of carbonyl (C=O) groups is 1. The van der Waals surface area contributed by atoms with Gasteiger partial charge in [0.15, 0.2) is 11.5 Å². The van der Waals surface area contributed by atoms with Gasteiger partial charge in [-0.1, -0.05) is 0 Å². The minimum Gasteiger partial charge on any atom is -0.493 e.